The van der Waals surface area contributed by atoms with Crippen LogP contribution in [0.2, 0.25) is 0 Å². The fourth-order valence-corrected chi connectivity index (χ4v) is 1.28. The Morgan fingerprint density at radius 1 is 1.16 bits per heavy atom. The molecule has 7 nitrogen and oxygen atoms in total. The smallest absolute Gasteiger partial charge is 0.426 e. The van der Waals surface area contributed by atoms with E-state index in [1.54, 1.807) is 19.1 Å². The van der Waals surface area contributed by atoms with E-state index >= 15 is 0 Å². The molecule has 0 heterocycles. The molecule has 0 bridgehead atoms. The highest BCUT2D eigenvalue weighted by Crippen LogP contribution is 2.15. The summed E-state index contributed by atoms with van der Waals surface area (Å²) in [5, 5.41) is 2.57. The Balaban J connectivity index is 2.42. The first-order chi connectivity index (χ1) is 9.02. The number of benzene rings is 1. The number of nitrogens with zero attached hydrogens (tertiary/aromatic N) is 1. The zero-order chi connectivity index (χ0) is 14.3. The Labute approximate surface area is 111 Å². The average Bonchev–Trinajstić information content (AvgIpc) is 2.37. The minimum atomic E-state index is -0.708. The lowest BCUT2D eigenvalue weighted by atomic mass is 10.2. The molecule has 0 unspecified atom stereocenters. The van der Waals surface area contributed by atoms with E-state index in [9.17, 15) is 9.59 Å². The first-order valence-electron chi connectivity index (χ1n) is 5.80. The summed E-state index contributed by atoms with van der Waals surface area (Å²) in [7, 11) is 3.86. The monoisotopic (exact) mass is 266 g/mol. The molecule has 0 aliphatic rings. The quantitative estimate of drug-likeness (QED) is 0.725. The second kappa shape index (κ2) is 7.10. The van der Waals surface area contributed by atoms with E-state index in [0.29, 0.717) is 5.69 Å². The van der Waals surface area contributed by atoms with Crippen molar-refractivity contribution in [1.82, 2.24) is 10.9 Å². The highest BCUT2D eigenvalue weighted by molar-refractivity contribution is 5.90. The van der Waals surface area contributed by atoms with E-state index in [1.807, 2.05) is 31.1 Å². The number of hydrazine groups is 1. The van der Waals surface area contributed by atoms with Gasteiger partial charge in [0.15, 0.2) is 0 Å². The molecule has 7 heteroatoms. The normalized spacial score (nSPS) is 9.42. The summed E-state index contributed by atoms with van der Waals surface area (Å²) in [6, 6.07) is 6.71. The molecule has 0 aromatic heterocycles. The van der Waals surface area contributed by atoms with Crippen LogP contribution < -0.4 is 21.1 Å². The van der Waals surface area contributed by atoms with Crippen LogP contribution in [0.5, 0.6) is 0 Å². The summed E-state index contributed by atoms with van der Waals surface area (Å²) < 4.78 is 4.59. The topological polar surface area (TPSA) is 82.7 Å². The predicted octanol–water partition coefficient (Wildman–Crippen LogP) is 1.54. The Hall–Kier alpha value is -2.44. The molecule has 3 N–H and O–H groups in total. The van der Waals surface area contributed by atoms with Crippen LogP contribution in [0.1, 0.15) is 6.92 Å². The molecule has 0 fully saturated rings. The van der Waals surface area contributed by atoms with Gasteiger partial charge in [-0.1, -0.05) is 0 Å². The maximum absolute atomic E-state index is 11.4. The molecule has 0 aliphatic heterocycles. The third kappa shape index (κ3) is 5.15. The minimum absolute atomic E-state index is 0.237. The van der Waals surface area contributed by atoms with Crippen LogP contribution in [0, 0.1) is 0 Å². The van der Waals surface area contributed by atoms with Gasteiger partial charge in [0, 0.05) is 25.5 Å². The maximum atomic E-state index is 11.4. The van der Waals surface area contributed by atoms with Crippen molar-refractivity contribution < 1.29 is 14.3 Å². The van der Waals surface area contributed by atoms with Crippen molar-refractivity contribution in [2.75, 3.05) is 30.9 Å². The molecule has 1 rings (SSSR count). The predicted molar refractivity (Wildman–Crippen MR) is 73.1 cm³/mol. The van der Waals surface area contributed by atoms with Crippen LogP contribution in [-0.2, 0) is 4.74 Å². The number of hydrogen-bond donors (Lipinski definition) is 3. The standard InChI is InChI=1S/C12H18N4O3/c1-4-19-12(18)15-14-11(17)13-9-5-7-10(8-6-9)16(2)3/h5-8H,4H2,1-3H3,(H,15,18)(H2,13,14,17). The van der Waals surface area contributed by atoms with Crippen LogP contribution in [0.15, 0.2) is 24.3 Å². The molecule has 19 heavy (non-hydrogen) atoms. The van der Waals surface area contributed by atoms with Crippen LogP contribution in [0.3, 0.4) is 0 Å². The van der Waals surface area contributed by atoms with Gasteiger partial charge >= 0.3 is 12.1 Å². The number of carbonyl (C=O) groups is 2. The summed E-state index contributed by atoms with van der Waals surface area (Å²) in [6.07, 6.45) is -0.708. The summed E-state index contributed by atoms with van der Waals surface area (Å²) in [5.41, 5.74) is 5.91. The van der Waals surface area contributed by atoms with Crippen molar-refractivity contribution in [1.29, 1.82) is 0 Å². The van der Waals surface area contributed by atoms with Gasteiger partial charge in [-0.05, 0) is 31.2 Å². The summed E-state index contributed by atoms with van der Waals surface area (Å²) in [6.45, 7) is 1.91. The summed E-state index contributed by atoms with van der Waals surface area (Å²) in [4.78, 5) is 24.3. The van der Waals surface area contributed by atoms with Gasteiger partial charge in [-0.25, -0.2) is 20.4 Å². The van der Waals surface area contributed by atoms with Gasteiger partial charge in [0.25, 0.3) is 0 Å². The molecular weight excluding hydrogens is 248 g/mol. The van der Waals surface area contributed by atoms with E-state index < -0.39 is 12.1 Å². The molecule has 0 saturated carbocycles. The van der Waals surface area contributed by atoms with E-state index in [0.717, 1.165) is 5.69 Å². The molecule has 0 saturated heterocycles. The number of anilines is 2. The first-order valence-corrected chi connectivity index (χ1v) is 5.80. The molecule has 0 spiro atoms. The fourth-order valence-electron chi connectivity index (χ4n) is 1.28. The molecule has 0 atom stereocenters. The van der Waals surface area contributed by atoms with Crippen molar-refractivity contribution in [3.63, 3.8) is 0 Å². The third-order valence-electron chi connectivity index (χ3n) is 2.20. The van der Waals surface area contributed by atoms with Crippen molar-refractivity contribution >= 4 is 23.5 Å². The third-order valence-corrected chi connectivity index (χ3v) is 2.20. The lowest BCUT2D eigenvalue weighted by Gasteiger charge is -2.13. The van der Waals surface area contributed by atoms with Crippen LogP contribution in [0.4, 0.5) is 21.0 Å². The Kier molecular flexibility index (Phi) is 5.46. The van der Waals surface area contributed by atoms with E-state index in [2.05, 4.69) is 20.9 Å². The number of rotatable bonds is 3. The van der Waals surface area contributed by atoms with Crippen molar-refractivity contribution in [3.05, 3.63) is 24.3 Å². The summed E-state index contributed by atoms with van der Waals surface area (Å²) in [5.74, 6) is 0. The molecule has 0 aliphatic carbocycles. The van der Waals surface area contributed by atoms with Gasteiger partial charge in [-0.3, -0.25) is 0 Å². The minimum Gasteiger partial charge on any atom is -0.449 e. The Morgan fingerprint density at radius 3 is 2.32 bits per heavy atom. The van der Waals surface area contributed by atoms with Gasteiger partial charge in [-0.15, -0.1) is 0 Å². The first kappa shape index (κ1) is 14.6. The molecule has 104 valence electrons. The average molecular weight is 266 g/mol. The van der Waals surface area contributed by atoms with Crippen LogP contribution >= 0.6 is 0 Å². The van der Waals surface area contributed by atoms with E-state index in [4.69, 9.17) is 0 Å². The Morgan fingerprint density at radius 2 is 1.79 bits per heavy atom. The lowest BCUT2D eigenvalue weighted by molar-refractivity contribution is 0.148. The molecule has 0 radical (unpaired) electrons. The molecule has 1 aromatic carbocycles. The van der Waals surface area contributed by atoms with Gasteiger partial charge in [0.2, 0.25) is 0 Å². The highest BCUT2D eigenvalue weighted by Gasteiger charge is 2.04. The van der Waals surface area contributed by atoms with Gasteiger partial charge in [0.1, 0.15) is 0 Å². The zero-order valence-corrected chi connectivity index (χ0v) is 11.2. The molecule has 3 amide bonds. The van der Waals surface area contributed by atoms with Crippen molar-refractivity contribution in [3.8, 4) is 0 Å². The summed E-state index contributed by atoms with van der Waals surface area (Å²) >= 11 is 0. The molecular formula is C12H18N4O3. The highest BCUT2D eigenvalue weighted by atomic mass is 16.6. The molecule has 1 aromatic rings. The van der Waals surface area contributed by atoms with E-state index in [1.165, 1.54) is 0 Å². The Bertz CT molecular complexity index is 431. The van der Waals surface area contributed by atoms with Gasteiger partial charge < -0.3 is 15.0 Å². The van der Waals surface area contributed by atoms with Gasteiger partial charge in [0.05, 0.1) is 6.61 Å². The maximum Gasteiger partial charge on any atom is 0.426 e. The largest absolute Gasteiger partial charge is 0.449 e. The second-order valence-electron chi connectivity index (χ2n) is 3.87. The van der Waals surface area contributed by atoms with Gasteiger partial charge in [-0.2, -0.15) is 0 Å². The van der Waals surface area contributed by atoms with Crippen LogP contribution in [-0.4, -0.2) is 32.8 Å². The number of amides is 3. The zero-order valence-electron chi connectivity index (χ0n) is 11.2. The lowest BCUT2D eigenvalue weighted by Crippen LogP contribution is -2.44. The number of carbonyl (C=O) groups excluding carboxylic acids is 2. The van der Waals surface area contributed by atoms with E-state index in [-0.39, 0.29) is 6.61 Å². The van der Waals surface area contributed by atoms with Crippen molar-refractivity contribution in [2.24, 2.45) is 0 Å². The fraction of sp³-hybridized carbons (Fsp3) is 0.333. The second-order valence-corrected chi connectivity index (χ2v) is 3.87. The number of hydrogen-bond acceptors (Lipinski definition) is 4. The van der Waals surface area contributed by atoms with Crippen LogP contribution in [0.25, 0.3) is 0 Å². The number of ether oxygens (including phenoxy) is 1. The number of urea groups is 1. The SMILES string of the molecule is CCOC(=O)NNC(=O)Nc1ccc(N(C)C)cc1. The number of nitrogens with one attached hydrogen (secondary N) is 3. The van der Waals surface area contributed by atoms with Crippen molar-refractivity contribution in [2.45, 2.75) is 6.92 Å².